The van der Waals surface area contributed by atoms with Gasteiger partial charge in [-0.2, -0.15) is 0 Å². The van der Waals surface area contributed by atoms with Crippen molar-refractivity contribution in [3.63, 3.8) is 0 Å². The van der Waals surface area contributed by atoms with E-state index in [4.69, 9.17) is 4.74 Å². The molecule has 1 aliphatic heterocycles. The summed E-state index contributed by atoms with van der Waals surface area (Å²) >= 11 is 0. The first-order valence-electron chi connectivity index (χ1n) is 9.10. The highest BCUT2D eigenvalue weighted by molar-refractivity contribution is 5.30. The van der Waals surface area contributed by atoms with Gasteiger partial charge in [-0.15, -0.1) is 0 Å². The molecule has 3 rings (SSSR count). The van der Waals surface area contributed by atoms with E-state index >= 15 is 0 Å². The number of quaternary nitrogens is 1. The molecule has 0 radical (unpaired) electrons. The van der Waals surface area contributed by atoms with Crippen molar-refractivity contribution in [1.29, 1.82) is 0 Å². The molecular weight excluding hydrogens is 298 g/mol. The molecule has 1 fully saturated rings. The molecule has 3 heteroatoms. The van der Waals surface area contributed by atoms with Crippen molar-refractivity contribution in [2.24, 2.45) is 0 Å². The normalized spacial score (nSPS) is 17.6. The molecule has 2 aromatic carbocycles. The molecule has 2 aromatic rings. The van der Waals surface area contributed by atoms with E-state index in [9.17, 15) is 5.11 Å². The summed E-state index contributed by atoms with van der Waals surface area (Å²) in [5.74, 6) is 0.873. The molecule has 0 aliphatic carbocycles. The Morgan fingerprint density at radius 3 is 2.25 bits per heavy atom. The molecule has 0 aromatic heterocycles. The number of aliphatic hydroxyl groups is 1. The minimum atomic E-state index is -0.499. The summed E-state index contributed by atoms with van der Waals surface area (Å²) in [6.45, 7) is 5.09. The van der Waals surface area contributed by atoms with Gasteiger partial charge in [0.2, 0.25) is 0 Å². The van der Waals surface area contributed by atoms with Crippen molar-refractivity contribution in [1.82, 2.24) is 0 Å². The van der Waals surface area contributed by atoms with Gasteiger partial charge in [-0.25, -0.2) is 0 Å². The first-order chi connectivity index (χ1) is 11.8. The number of aliphatic hydroxyl groups excluding tert-OH is 1. The van der Waals surface area contributed by atoms with E-state index in [0.29, 0.717) is 0 Å². The summed E-state index contributed by atoms with van der Waals surface area (Å²) < 4.78 is 5.65. The van der Waals surface area contributed by atoms with Gasteiger partial charge in [-0.05, 0) is 24.1 Å². The average molecular weight is 326 g/mol. The molecule has 0 bridgehead atoms. The molecule has 0 spiro atoms. The van der Waals surface area contributed by atoms with Gasteiger partial charge < -0.3 is 14.7 Å². The van der Waals surface area contributed by atoms with Crippen LogP contribution in [0.4, 0.5) is 0 Å². The molecular formula is C21H28NO2+. The fourth-order valence-electron chi connectivity index (χ4n) is 3.62. The molecule has 0 unspecified atom stereocenters. The Balaban J connectivity index is 1.81. The molecule has 2 atom stereocenters. The van der Waals surface area contributed by atoms with Crippen LogP contribution in [-0.4, -0.2) is 24.8 Å². The first-order valence-corrected chi connectivity index (χ1v) is 9.10. The summed E-state index contributed by atoms with van der Waals surface area (Å²) in [5.41, 5.74) is 2.18. The van der Waals surface area contributed by atoms with Crippen molar-refractivity contribution in [3.05, 3.63) is 65.7 Å². The predicted molar refractivity (Wildman–Crippen MR) is 96.3 cm³/mol. The second-order valence-corrected chi connectivity index (χ2v) is 6.62. The number of rotatable bonds is 7. The molecule has 0 saturated carbocycles. The van der Waals surface area contributed by atoms with Crippen LogP contribution >= 0.6 is 0 Å². The smallest absolute Gasteiger partial charge is 0.144 e. The van der Waals surface area contributed by atoms with E-state index in [1.807, 2.05) is 30.3 Å². The van der Waals surface area contributed by atoms with Crippen LogP contribution in [0.3, 0.4) is 0 Å². The number of likely N-dealkylation sites (tertiary alicyclic amines) is 1. The lowest BCUT2D eigenvalue weighted by atomic mass is 9.94. The van der Waals surface area contributed by atoms with Crippen LogP contribution < -0.4 is 9.64 Å². The van der Waals surface area contributed by atoms with Crippen LogP contribution in [0.1, 0.15) is 49.5 Å². The molecule has 24 heavy (non-hydrogen) atoms. The highest BCUT2D eigenvalue weighted by Crippen LogP contribution is 2.28. The number of nitrogens with one attached hydrogen (secondary N) is 1. The molecule has 3 nitrogen and oxygen atoms in total. The zero-order valence-corrected chi connectivity index (χ0v) is 14.4. The van der Waals surface area contributed by atoms with Crippen LogP contribution in [0.15, 0.2) is 54.6 Å². The van der Waals surface area contributed by atoms with Crippen LogP contribution in [0.25, 0.3) is 0 Å². The monoisotopic (exact) mass is 326 g/mol. The maximum atomic E-state index is 11.1. The standard InChI is InChI=1S/C21H27NO2/c1-2-16-24-19-12-10-18(11-13-19)21(23)20(22-14-6-7-15-22)17-8-4-3-5-9-17/h3-5,8-13,20-21,23H,2,6-7,14-16H2,1H3/p+1/t20-,21-/m0/s1. The second-order valence-electron chi connectivity index (χ2n) is 6.62. The van der Waals surface area contributed by atoms with E-state index in [1.165, 1.54) is 23.3 Å². The van der Waals surface area contributed by atoms with Gasteiger partial charge in [-0.3, -0.25) is 0 Å². The number of hydrogen-bond acceptors (Lipinski definition) is 2. The zero-order chi connectivity index (χ0) is 16.8. The lowest BCUT2D eigenvalue weighted by Gasteiger charge is -2.29. The Labute approximate surface area is 144 Å². The molecule has 128 valence electrons. The van der Waals surface area contributed by atoms with Crippen molar-refractivity contribution < 1.29 is 14.7 Å². The van der Waals surface area contributed by atoms with E-state index in [-0.39, 0.29) is 6.04 Å². The third-order valence-corrected chi connectivity index (χ3v) is 4.85. The maximum absolute atomic E-state index is 11.1. The fraction of sp³-hybridized carbons (Fsp3) is 0.429. The molecule has 0 amide bonds. The summed E-state index contributed by atoms with van der Waals surface area (Å²) in [6.07, 6.45) is 2.99. The third kappa shape index (κ3) is 3.97. The topological polar surface area (TPSA) is 33.9 Å². The number of hydrogen-bond donors (Lipinski definition) is 2. The van der Waals surface area contributed by atoms with Gasteiger partial charge in [0.15, 0.2) is 0 Å². The number of ether oxygens (including phenoxy) is 1. The summed E-state index contributed by atoms with van der Waals surface area (Å²) in [4.78, 5) is 1.49. The molecule has 1 aliphatic rings. The maximum Gasteiger partial charge on any atom is 0.144 e. The minimum absolute atomic E-state index is 0.0936. The van der Waals surface area contributed by atoms with E-state index < -0.39 is 6.10 Å². The zero-order valence-electron chi connectivity index (χ0n) is 14.4. The Kier molecular flexibility index (Phi) is 5.89. The lowest BCUT2D eigenvalue weighted by Crippen LogP contribution is -3.10. The van der Waals surface area contributed by atoms with E-state index in [0.717, 1.165) is 37.4 Å². The SMILES string of the molecule is CCCOc1ccc([C@H](O)[C@H](c2ccccc2)[NH+]2CCCC2)cc1. The quantitative estimate of drug-likeness (QED) is 0.820. The summed E-state index contributed by atoms with van der Waals surface area (Å²) in [6, 6.07) is 18.5. The van der Waals surface area contributed by atoms with Gasteiger partial charge in [0.25, 0.3) is 0 Å². The predicted octanol–water partition coefficient (Wildman–Crippen LogP) is 2.93. The lowest BCUT2D eigenvalue weighted by molar-refractivity contribution is -0.924. The Bertz CT molecular complexity index is 605. The van der Waals surface area contributed by atoms with Crippen molar-refractivity contribution in [2.75, 3.05) is 19.7 Å². The van der Waals surface area contributed by atoms with E-state index in [2.05, 4.69) is 31.2 Å². The van der Waals surface area contributed by atoms with Crippen LogP contribution in [0, 0.1) is 0 Å². The number of benzene rings is 2. The van der Waals surface area contributed by atoms with Crippen molar-refractivity contribution in [2.45, 2.75) is 38.3 Å². The molecule has 1 saturated heterocycles. The second kappa shape index (κ2) is 8.32. The van der Waals surface area contributed by atoms with Gasteiger partial charge in [0, 0.05) is 18.4 Å². The van der Waals surface area contributed by atoms with E-state index in [1.54, 1.807) is 0 Å². The van der Waals surface area contributed by atoms with Crippen LogP contribution in [0.2, 0.25) is 0 Å². The Morgan fingerprint density at radius 2 is 1.62 bits per heavy atom. The minimum Gasteiger partial charge on any atom is -0.494 e. The van der Waals surface area contributed by atoms with Gasteiger partial charge in [0.1, 0.15) is 17.9 Å². The molecule has 1 heterocycles. The van der Waals surface area contributed by atoms with Crippen LogP contribution in [0.5, 0.6) is 5.75 Å². The van der Waals surface area contributed by atoms with Gasteiger partial charge in [-0.1, -0.05) is 49.4 Å². The fourth-order valence-corrected chi connectivity index (χ4v) is 3.62. The van der Waals surface area contributed by atoms with Gasteiger partial charge in [0.05, 0.1) is 19.7 Å². The Morgan fingerprint density at radius 1 is 0.958 bits per heavy atom. The third-order valence-electron chi connectivity index (χ3n) is 4.85. The largest absolute Gasteiger partial charge is 0.494 e. The summed E-state index contributed by atoms with van der Waals surface area (Å²) in [5, 5.41) is 11.1. The van der Waals surface area contributed by atoms with Crippen molar-refractivity contribution in [3.8, 4) is 5.75 Å². The van der Waals surface area contributed by atoms with Crippen molar-refractivity contribution >= 4 is 0 Å². The molecule has 2 N–H and O–H groups in total. The highest BCUT2D eigenvalue weighted by Gasteiger charge is 2.34. The Hall–Kier alpha value is -1.84. The average Bonchev–Trinajstić information content (AvgIpc) is 3.15. The van der Waals surface area contributed by atoms with Crippen LogP contribution in [-0.2, 0) is 0 Å². The highest BCUT2D eigenvalue weighted by atomic mass is 16.5. The first kappa shape index (κ1) is 17.0. The van der Waals surface area contributed by atoms with Gasteiger partial charge >= 0.3 is 0 Å². The summed E-state index contributed by atoms with van der Waals surface area (Å²) in [7, 11) is 0.